The van der Waals surface area contributed by atoms with Gasteiger partial charge in [-0.05, 0) is 18.8 Å². The summed E-state index contributed by atoms with van der Waals surface area (Å²) in [5.74, 6) is 1.29. The van der Waals surface area contributed by atoms with Crippen LogP contribution in [-0.2, 0) is 16.3 Å². The Hall–Kier alpha value is -1.04. The van der Waals surface area contributed by atoms with Gasteiger partial charge in [-0.1, -0.05) is 5.16 Å². The van der Waals surface area contributed by atoms with Crippen LogP contribution in [0, 0.1) is 5.92 Å². The van der Waals surface area contributed by atoms with E-state index in [1.54, 1.807) is 0 Å². The topological polar surface area (TPSA) is 86.2 Å². The molecule has 1 aliphatic rings. The maximum atomic E-state index is 11.4. The van der Waals surface area contributed by atoms with Crippen molar-refractivity contribution in [2.75, 3.05) is 17.2 Å². The second kappa shape index (κ2) is 3.84. The standard InChI is InChI=1S/C9H14N2O3S/c10-8-5-11-14-9(8)4-7-2-1-3-15(12,13)6-7/h5,7H,1-4,6,10H2. The molecule has 2 rings (SSSR count). The van der Waals surface area contributed by atoms with E-state index in [9.17, 15) is 8.42 Å². The van der Waals surface area contributed by atoms with Gasteiger partial charge in [0.25, 0.3) is 0 Å². The van der Waals surface area contributed by atoms with E-state index in [0.29, 0.717) is 23.6 Å². The lowest BCUT2D eigenvalue weighted by molar-refractivity contribution is 0.356. The Kier molecular flexibility index (Phi) is 2.68. The van der Waals surface area contributed by atoms with E-state index in [2.05, 4.69) is 5.16 Å². The summed E-state index contributed by atoms with van der Waals surface area (Å²) < 4.78 is 27.8. The van der Waals surface area contributed by atoms with Crippen LogP contribution >= 0.6 is 0 Å². The highest BCUT2D eigenvalue weighted by Gasteiger charge is 2.26. The van der Waals surface area contributed by atoms with Gasteiger partial charge < -0.3 is 10.3 Å². The smallest absolute Gasteiger partial charge is 0.159 e. The molecule has 0 amide bonds. The first-order valence-electron chi connectivity index (χ1n) is 4.96. The first-order valence-corrected chi connectivity index (χ1v) is 6.78. The third kappa shape index (κ3) is 2.50. The zero-order valence-electron chi connectivity index (χ0n) is 8.35. The van der Waals surface area contributed by atoms with E-state index in [1.165, 1.54) is 6.20 Å². The molecule has 0 bridgehead atoms. The van der Waals surface area contributed by atoms with Gasteiger partial charge in [0.15, 0.2) is 15.6 Å². The molecule has 2 heterocycles. The van der Waals surface area contributed by atoms with Crippen LogP contribution in [0.25, 0.3) is 0 Å². The Bertz CT molecular complexity index is 438. The Labute approximate surface area is 88.5 Å². The minimum absolute atomic E-state index is 0.124. The predicted molar refractivity (Wildman–Crippen MR) is 56.0 cm³/mol. The van der Waals surface area contributed by atoms with Gasteiger partial charge in [-0.15, -0.1) is 0 Å². The molecule has 0 aliphatic carbocycles. The highest BCUT2D eigenvalue weighted by molar-refractivity contribution is 7.91. The monoisotopic (exact) mass is 230 g/mol. The minimum atomic E-state index is -2.85. The predicted octanol–water partition coefficient (Wildman–Crippen LogP) is 0.624. The summed E-state index contributed by atoms with van der Waals surface area (Å²) in [6, 6.07) is 0. The number of rotatable bonds is 2. The van der Waals surface area contributed by atoms with Crippen molar-refractivity contribution < 1.29 is 12.9 Å². The molecule has 0 aromatic carbocycles. The van der Waals surface area contributed by atoms with E-state index in [-0.39, 0.29) is 11.7 Å². The number of sulfone groups is 1. The molecule has 84 valence electrons. The van der Waals surface area contributed by atoms with E-state index in [1.807, 2.05) is 0 Å². The average Bonchev–Trinajstić information content (AvgIpc) is 2.50. The van der Waals surface area contributed by atoms with Crippen LogP contribution < -0.4 is 5.73 Å². The number of nitrogen functional groups attached to an aromatic ring is 1. The molecule has 2 N–H and O–H groups in total. The normalized spacial score (nSPS) is 25.2. The number of hydrogen-bond donors (Lipinski definition) is 1. The quantitative estimate of drug-likeness (QED) is 0.805. The van der Waals surface area contributed by atoms with Gasteiger partial charge in [0.1, 0.15) is 0 Å². The van der Waals surface area contributed by atoms with Crippen molar-refractivity contribution in [3.05, 3.63) is 12.0 Å². The number of nitrogens with two attached hydrogens (primary N) is 1. The van der Waals surface area contributed by atoms with Crippen LogP contribution in [0.1, 0.15) is 18.6 Å². The lowest BCUT2D eigenvalue weighted by Crippen LogP contribution is -2.26. The van der Waals surface area contributed by atoms with Crippen LogP contribution in [-0.4, -0.2) is 25.1 Å². The third-order valence-electron chi connectivity index (χ3n) is 2.71. The zero-order chi connectivity index (χ0) is 10.9. The van der Waals surface area contributed by atoms with Crippen molar-refractivity contribution in [3.8, 4) is 0 Å². The maximum absolute atomic E-state index is 11.4. The first-order chi connectivity index (χ1) is 7.07. The van der Waals surface area contributed by atoms with Crippen molar-refractivity contribution in [3.63, 3.8) is 0 Å². The van der Waals surface area contributed by atoms with E-state index in [0.717, 1.165) is 12.8 Å². The zero-order valence-corrected chi connectivity index (χ0v) is 9.16. The van der Waals surface area contributed by atoms with Gasteiger partial charge in [-0.25, -0.2) is 8.42 Å². The third-order valence-corrected chi connectivity index (χ3v) is 4.60. The SMILES string of the molecule is Nc1cnoc1CC1CCCS(=O)(=O)C1. The molecule has 0 spiro atoms. The van der Waals surface area contributed by atoms with Crippen LogP contribution in [0.15, 0.2) is 10.7 Å². The summed E-state index contributed by atoms with van der Waals surface area (Å²) in [5.41, 5.74) is 6.13. The van der Waals surface area contributed by atoms with Gasteiger partial charge in [0, 0.05) is 6.42 Å². The lowest BCUT2D eigenvalue weighted by atomic mass is 10.00. The Morgan fingerprint density at radius 2 is 2.40 bits per heavy atom. The van der Waals surface area contributed by atoms with Crippen LogP contribution in [0.3, 0.4) is 0 Å². The van der Waals surface area contributed by atoms with Gasteiger partial charge in [-0.3, -0.25) is 0 Å². The molecule has 1 aromatic heterocycles. The van der Waals surface area contributed by atoms with Gasteiger partial charge in [0.2, 0.25) is 0 Å². The minimum Gasteiger partial charge on any atom is -0.395 e. The van der Waals surface area contributed by atoms with Crippen molar-refractivity contribution in [1.29, 1.82) is 0 Å². The van der Waals surface area contributed by atoms with Crippen molar-refractivity contribution in [2.24, 2.45) is 5.92 Å². The second-order valence-corrected chi connectivity index (χ2v) is 6.26. The number of aromatic nitrogens is 1. The molecule has 1 unspecified atom stereocenters. The molecule has 6 heteroatoms. The molecular weight excluding hydrogens is 216 g/mol. The summed E-state index contributed by atoms with van der Waals surface area (Å²) in [7, 11) is -2.85. The molecule has 0 saturated carbocycles. The molecular formula is C9H14N2O3S. The molecule has 0 radical (unpaired) electrons. The van der Waals surface area contributed by atoms with E-state index in [4.69, 9.17) is 10.3 Å². The van der Waals surface area contributed by atoms with E-state index >= 15 is 0 Å². The molecule has 1 aromatic rings. The fourth-order valence-electron chi connectivity index (χ4n) is 1.97. The summed E-state index contributed by atoms with van der Waals surface area (Å²) >= 11 is 0. The average molecular weight is 230 g/mol. The Morgan fingerprint density at radius 3 is 3.00 bits per heavy atom. The van der Waals surface area contributed by atoms with E-state index < -0.39 is 9.84 Å². The molecule has 5 nitrogen and oxygen atoms in total. The Morgan fingerprint density at radius 1 is 1.60 bits per heavy atom. The molecule has 1 atom stereocenters. The fourth-order valence-corrected chi connectivity index (χ4v) is 3.74. The van der Waals surface area contributed by atoms with Gasteiger partial charge in [-0.2, -0.15) is 0 Å². The van der Waals surface area contributed by atoms with Crippen LogP contribution in [0.5, 0.6) is 0 Å². The number of hydrogen-bond acceptors (Lipinski definition) is 5. The highest BCUT2D eigenvalue weighted by atomic mass is 32.2. The molecule has 1 saturated heterocycles. The van der Waals surface area contributed by atoms with Gasteiger partial charge >= 0.3 is 0 Å². The summed E-state index contributed by atoms with van der Waals surface area (Å²) in [6.07, 6.45) is 3.68. The van der Waals surface area contributed by atoms with Crippen molar-refractivity contribution in [1.82, 2.24) is 5.16 Å². The van der Waals surface area contributed by atoms with Crippen molar-refractivity contribution >= 4 is 15.5 Å². The van der Waals surface area contributed by atoms with Crippen molar-refractivity contribution in [2.45, 2.75) is 19.3 Å². The molecule has 15 heavy (non-hydrogen) atoms. The summed E-state index contributed by atoms with van der Waals surface area (Å²) in [5, 5.41) is 3.57. The maximum Gasteiger partial charge on any atom is 0.159 e. The lowest BCUT2D eigenvalue weighted by Gasteiger charge is -2.20. The molecule has 1 fully saturated rings. The molecule has 1 aliphatic heterocycles. The summed E-state index contributed by atoms with van der Waals surface area (Å²) in [6.45, 7) is 0. The fraction of sp³-hybridized carbons (Fsp3) is 0.667. The highest BCUT2D eigenvalue weighted by Crippen LogP contribution is 2.24. The number of nitrogens with zero attached hydrogens (tertiary/aromatic N) is 1. The summed E-state index contributed by atoms with van der Waals surface area (Å²) in [4.78, 5) is 0. The van der Waals surface area contributed by atoms with Crippen LogP contribution in [0.4, 0.5) is 5.69 Å². The number of anilines is 1. The Balaban J connectivity index is 2.04. The first kappa shape index (κ1) is 10.5. The second-order valence-electron chi connectivity index (χ2n) is 4.03. The van der Waals surface area contributed by atoms with Crippen LogP contribution in [0.2, 0.25) is 0 Å². The largest absolute Gasteiger partial charge is 0.395 e. The van der Waals surface area contributed by atoms with Gasteiger partial charge in [0.05, 0.1) is 23.4 Å².